The topological polar surface area (TPSA) is 9.23 Å². The van der Waals surface area contributed by atoms with Gasteiger partial charge in [-0.3, -0.25) is 0 Å². The van der Waals surface area contributed by atoms with Gasteiger partial charge in [0.1, 0.15) is 5.75 Å². The molecule has 0 N–H and O–H groups in total. The molecule has 1 aromatic carbocycles. The molecule has 1 aromatic rings. The molecular weight excluding hydrogens is 204 g/mol. The van der Waals surface area contributed by atoms with E-state index < -0.39 is 6.18 Å². The summed E-state index contributed by atoms with van der Waals surface area (Å²) in [5, 5.41) is 0. The quantitative estimate of drug-likeness (QED) is 0.704. The lowest BCUT2D eigenvalue weighted by Gasteiger charge is -2.25. The van der Waals surface area contributed by atoms with Crippen molar-refractivity contribution < 1.29 is 8.85 Å². The van der Waals surface area contributed by atoms with Crippen molar-refractivity contribution >= 4 is 11.8 Å². The Labute approximate surface area is 100 Å². The van der Waals surface area contributed by atoms with Gasteiger partial charge in [0, 0.05) is 9.01 Å². The minimum absolute atomic E-state index is 0.486. The average Bonchev–Trinajstić information content (AvgIpc) is 2.28. The molecule has 1 unspecified atom stereocenters. The van der Waals surface area contributed by atoms with Gasteiger partial charge >= 0.3 is 0 Å². The third-order valence-electron chi connectivity index (χ3n) is 3.16. The predicted octanol–water partition coefficient (Wildman–Crippen LogP) is 3.86. The highest BCUT2D eigenvalue weighted by atomic mass is 32.2. The number of benzene rings is 1. The van der Waals surface area contributed by atoms with Crippen molar-refractivity contribution in [2.75, 3.05) is 13.3 Å². The number of methoxy groups -OCH3 is 1. The molecule has 1 nitrogen and oxygen atoms in total. The Morgan fingerprint density at radius 3 is 3.27 bits per heavy atom. The average molecular weight is 223 g/mol. The fourth-order valence-corrected chi connectivity index (χ4v) is 2.82. The van der Waals surface area contributed by atoms with Gasteiger partial charge in [0.2, 0.25) is 0 Å². The van der Waals surface area contributed by atoms with Crippen LogP contribution in [0.1, 0.15) is 40.9 Å². The second-order valence-electron chi connectivity index (χ2n) is 4.09. The Balaban J connectivity index is 2.47. The molecule has 2 heteroatoms. The minimum Gasteiger partial charge on any atom is -0.497 e. The van der Waals surface area contributed by atoms with Gasteiger partial charge in [0.15, 0.2) is 0 Å². The largest absolute Gasteiger partial charge is 0.497 e. The third-order valence-corrected chi connectivity index (χ3v) is 3.74. The van der Waals surface area contributed by atoms with Crippen LogP contribution in [0.5, 0.6) is 5.75 Å². The lowest BCUT2D eigenvalue weighted by Crippen LogP contribution is -2.08. The molecular formula is C13H18OS. The lowest BCUT2D eigenvalue weighted by molar-refractivity contribution is 0.411. The lowest BCUT2D eigenvalue weighted by atomic mass is 9.84. The van der Waals surface area contributed by atoms with E-state index in [-0.39, 0.29) is 0 Å². The Morgan fingerprint density at radius 1 is 1.67 bits per heavy atom. The first kappa shape index (κ1) is 7.61. The molecule has 0 spiro atoms. The van der Waals surface area contributed by atoms with E-state index in [4.69, 9.17) is 8.85 Å². The summed E-state index contributed by atoms with van der Waals surface area (Å²) in [5.74, 6) is 1.24. The number of fused-ring (bicyclic) bond motifs is 1. The van der Waals surface area contributed by atoms with Gasteiger partial charge in [0.05, 0.1) is 7.11 Å². The molecule has 82 valence electrons. The van der Waals surface area contributed by atoms with Gasteiger partial charge in [-0.2, -0.15) is 0 Å². The fourth-order valence-electron chi connectivity index (χ4n) is 2.30. The van der Waals surface area contributed by atoms with Crippen molar-refractivity contribution in [3.05, 3.63) is 23.3 Å². The summed E-state index contributed by atoms with van der Waals surface area (Å²) in [5.41, 5.74) is 2.46. The zero-order chi connectivity index (χ0) is 13.3. The van der Waals surface area contributed by atoms with Crippen LogP contribution in [0.2, 0.25) is 0 Å². The minimum atomic E-state index is -2.00. The standard InChI is InChI=1S/C13H18OS/c1-9-5-4-6-11-12(9)7-10(14-2)8-13(11)15-3/h7-9H,4-6H2,1-3H3/i3DH2. The van der Waals surface area contributed by atoms with Crippen LogP contribution in [0, 0.1) is 0 Å². The SMILES string of the molecule is [1H]C([1H])([2H])Sc1cc(OC)cc2c1CCCC2C. The molecule has 0 amide bonds. The van der Waals surface area contributed by atoms with Gasteiger partial charge in [-0.15, -0.1) is 11.8 Å². The highest BCUT2D eigenvalue weighted by Gasteiger charge is 2.20. The summed E-state index contributed by atoms with van der Waals surface area (Å²) in [6.45, 7) is 2.20. The number of hydrogen-bond donors (Lipinski definition) is 0. The molecule has 0 fully saturated rings. The van der Waals surface area contributed by atoms with Crippen molar-refractivity contribution in [1.82, 2.24) is 0 Å². The van der Waals surface area contributed by atoms with Gasteiger partial charge in [-0.05, 0) is 54.6 Å². The van der Waals surface area contributed by atoms with E-state index in [0.29, 0.717) is 5.92 Å². The number of thioether (sulfide) groups is 1. The predicted molar refractivity (Wildman–Crippen MR) is 66.1 cm³/mol. The maximum Gasteiger partial charge on any atom is 0.120 e. The van der Waals surface area contributed by atoms with Gasteiger partial charge < -0.3 is 4.74 Å². The van der Waals surface area contributed by atoms with E-state index >= 15 is 0 Å². The van der Waals surface area contributed by atoms with Gasteiger partial charge in [-0.1, -0.05) is 6.92 Å². The van der Waals surface area contributed by atoms with Crippen LogP contribution < -0.4 is 4.74 Å². The summed E-state index contributed by atoms with van der Waals surface area (Å²) in [6.07, 6.45) is 1.27. The van der Waals surface area contributed by atoms with Crippen LogP contribution in [0.25, 0.3) is 0 Å². The summed E-state index contributed by atoms with van der Waals surface area (Å²) >= 11 is 0.967. The van der Waals surface area contributed by atoms with Crippen molar-refractivity contribution in [1.29, 1.82) is 0 Å². The molecule has 1 atom stereocenters. The van der Waals surface area contributed by atoms with Crippen LogP contribution in [0.15, 0.2) is 17.0 Å². The Hall–Kier alpha value is -0.630. The summed E-state index contributed by atoms with van der Waals surface area (Å²) in [7, 11) is 1.62. The first-order valence-corrected chi connectivity index (χ1v) is 6.12. The summed E-state index contributed by atoms with van der Waals surface area (Å²) < 4.78 is 27.5. The molecule has 1 aliphatic carbocycles. The molecule has 0 saturated heterocycles. The maximum atomic E-state index is 7.42. The van der Waals surface area contributed by atoms with Crippen LogP contribution in [-0.4, -0.2) is 13.3 Å². The molecule has 1 aliphatic rings. The highest BCUT2D eigenvalue weighted by molar-refractivity contribution is 7.98. The number of rotatable bonds is 2. The van der Waals surface area contributed by atoms with E-state index in [2.05, 4.69) is 13.0 Å². The van der Waals surface area contributed by atoms with Crippen LogP contribution in [0.4, 0.5) is 0 Å². The molecule has 0 radical (unpaired) electrons. The van der Waals surface area contributed by atoms with Crippen molar-refractivity contribution in [3.63, 3.8) is 0 Å². The normalized spacial score (nSPS) is 23.6. The molecule has 0 bridgehead atoms. The van der Waals surface area contributed by atoms with E-state index in [0.717, 1.165) is 41.7 Å². The molecule has 0 saturated carbocycles. The maximum absolute atomic E-state index is 7.42. The monoisotopic (exact) mass is 223 g/mol. The first-order valence-electron chi connectivity index (χ1n) is 6.80. The first-order chi connectivity index (χ1) is 8.40. The van der Waals surface area contributed by atoms with Crippen LogP contribution in [-0.2, 0) is 6.42 Å². The summed E-state index contributed by atoms with van der Waals surface area (Å²) in [4.78, 5) is 0.857. The molecule has 15 heavy (non-hydrogen) atoms. The Bertz CT molecular complexity index is 443. The van der Waals surface area contributed by atoms with Crippen molar-refractivity contribution in [2.24, 2.45) is 0 Å². The van der Waals surface area contributed by atoms with E-state index in [9.17, 15) is 0 Å². The zero-order valence-electron chi connectivity index (χ0n) is 12.2. The van der Waals surface area contributed by atoms with E-state index in [1.807, 2.05) is 6.07 Å². The van der Waals surface area contributed by atoms with Crippen LogP contribution >= 0.6 is 11.8 Å². The van der Waals surface area contributed by atoms with Crippen LogP contribution in [0.3, 0.4) is 0 Å². The third kappa shape index (κ3) is 2.00. The second-order valence-corrected chi connectivity index (χ2v) is 4.73. The fraction of sp³-hybridized carbons (Fsp3) is 0.538. The highest BCUT2D eigenvalue weighted by Crippen LogP contribution is 2.38. The Morgan fingerprint density at radius 2 is 2.53 bits per heavy atom. The smallest absolute Gasteiger partial charge is 0.120 e. The number of hydrogen-bond acceptors (Lipinski definition) is 2. The Kier molecular flexibility index (Phi) is 2.27. The molecule has 0 aromatic heterocycles. The van der Waals surface area contributed by atoms with Gasteiger partial charge in [-0.25, -0.2) is 0 Å². The second kappa shape index (κ2) is 4.48. The van der Waals surface area contributed by atoms with Gasteiger partial charge in [0.25, 0.3) is 0 Å². The molecule has 2 rings (SSSR count). The zero-order valence-corrected chi connectivity index (χ0v) is 9.99. The molecule has 0 heterocycles. The molecule has 0 aliphatic heterocycles. The van der Waals surface area contributed by atoms with E-state index in [1.54, 1.807) is 7.11 Å². The summed E-state index contributed by atoms with van der Waals surface area (Å²) in [6, 6.07) is 3.91. The van der Waals surface area contributed by atoms with Crippen molar-refractivity contribution in [2.45, 2.75) is 37.0 Å². The van der Waals surface area contributed by atoms with Crippen molar-refractivity contribution in [3.8, 4) is 5.75 Å². The number of ether oxygens (including phenoxy) is 1. The van der Waals surface area contributed by atoms with E-state index in [1.165, 1.54) is 11.1 Å².